The van der Waals surface area contributed by atoms with Crippen LogP contribution in [-0.2, 0) is 4.79 Å². The molecule has 25 heavy (non-hydrogen) atoms. The molecular weight excluding hydrogens is 314 g/mol. The third kappa shape index (κ3) is 4.92. The molecular formula is C21H25NO3. The Morgan fingerprint density at radius 3 is 2.28 bits per heavy atom. The number of Topliss-reactive ketones (excluding diaryl/α,β-unsaturated/α-hetero) is 1. The molecule has 0 aliphatic rings. The lowest BCUT2D eigenvalue weighted by Crippen LogP contribution is -2.30. The molecule has 0 unspecified atom stereocenters. The van der Waals surface area contributed by atoms with Crippen LogP contribution >= 0.6 is 0 Å². The van der Waals surface area contributed by atoms with Crippen molar-refractivity contribution < 1.29 is 14.3 Å². The summed E-state index contributed by atoms with van der Waals surface area (Å²) in [6, 6.07) is 14.6. The maximum absolute atomic E-state index is 12.5. The first-order valence-electron chi connectivity index (χ1n) is 8.59. The summed E-state index contributed by atoms with van der Waals surface area (Å²) in [5.41, 5.74) is 2.56. The molecule has 0 saturated heterocycles. The van der Waals surface area contributed by atoms with Gasteiger partial charge in [-0.05, 0) is 62.1 Å². The van der Waals surface area contributed by atoms with Gasteiger partial charge in [0.25, 0.3) is 5.91 Å². The molecule has 0 heterocycles. The first kappa shape index (κ1) is 18.7. The Kier molecular flexibility index (Phi) is 6.34. The van der Waals surface area contributed by atoms with Gasteiger partial charge in [-0.1, -0.05) is 32.0 Å². The third-order valence-corrected chi connectivity index (χ3v) is 4.30. The number of carbonyl (C=O) groups is 2. The highest BCUT2D eigenvalue weighted by Crippen LogP contribution is 2.26. The second kappa shape index (κ2) is 8.47. The van der Waals surface area contributed by atoms with Crippen molar-refractivity contribution in [1.29, 1.82) is 0 Å². The molecule has 2 atom stereocenters. The van der Waals surface area contributed by atoms with E-state index in [1.54, 1.807) is 31.2 Å². The Morgan fingerprint density at radius 2 is 1.68 bits per heavy atom. The minimum absolute atomic E-state index is 0.000933. The van der Waals surface area contributed by atoms with Crippen molar-refractivity contribution in [3.05, 3.63) is 59.7 Å². The molecule has 4 heteroatoms. The second-order valence-electron chi connectivity index (χ2n) is 6.23. The van der Waals surface area contributed by atoms with Gasteiger partial charge in [-0.3, -0.25) is 9.59 Å². The number of benzene rings is 2. The lowest BCUT2D eigenvalue weighted by Gasteiger charge is -2.18. The third-order valence-electron chi connectivity index (χ3n) is 4.30. The SMILES string of the molecule is CC[C@H](C)c1ccccc1NC(=O)[C@H](C)Oc1ccc(C(C)=O)cc1. The summed E-state index contributed by atoms with van der Waals surface area (Å²) in [5.74, 6) is 0.722. The molecule has 0 bridgehead atoms. The van der Waals surface area contributed by atoms with E-state index < -0.39 is 6.10 Å². The van der Waals surface area contributed by atoms with Crippen molar-refractivity contribution in [2.45, 2.75) is 46.1 Å². The van der Waals surface area contributed by atoms with Gasteiger partial charge in [-0.2, -0.15) is 0 Å². The number of ketones is 1. The number of ether oxygens (including phenoxy) is 1. The van der Waals surface area contributed by atoms with E-state index in [1.807, 2.05) is 24.3 Å². The average Bonchev–Trinajstić information content (AvgIpc) is 2.61. The van der Waals surface area contributed by atoms with Gasteiger partial charge in [0.05, 0.1) is 0 Å². The maximum Gasteiger partial charge on any atom is 0.265 e. The topological polar surface area (TPSA) is 55.4 Å². The average molecular weight is 339 g/mol. The van der Waals surface area contributed by atoms with Crippen molar-refractivity contribution in [3.63, 3.8) is 0 Å². The first-order chi connectivity index (χ1) is 11.9. The molecule has 0 aliphatic heterocycles. The molecule has 0 spiro atoms. The predicted molar refractivity (Wildman–Crippen MR) is 100 cm³/mol. The van der Waals surface area contributed by atoms with E-state index in [0.717, 1.165) is 17.7 Å². The first-order valence-corrected chi connectivity index (χ1v) is 8.59. The van der Waals surface area contributed by atoms with Crippen LogP contribution in [0, 0.1) is 0 Å². The van der Waals surface area contributed by atoms with E-state index in [-0.39, 0.29) is 11.7 Å². The molecule has 0 radical (unpaired) electrons. The highest BCUT2D eigenvalue weighted by atomic mass is 16.5. The Labute approximate surface area is 149 Å². The minimum atomic E-state index is -0.645. The van der Waals surface area contributed by atoms with Crippen LogP contribution in [0.1, 0.15) is 56.0 Å². The summed E-state index contributed by atoms with van der Waals surface area (Å²) in [6.07, 6.45) is 0.356. The number of rotatable bonds is 7. The summed E-state index contributed by atoms with van der Waals surface area (Å²) < 4.78 is 5.69. The molecule has 2 aromatic carbocycles. The highest BCUT2D eigenvalue weighted by molar-refractivity contribution is 5.95. The Balaban J connectivity index is 2.04. The van der Waals surface area contributed by atoms with Crippen molar-refractivity contribution in [1.82, 2.24) is 0 Å². The van der Waals surface area contributed by atoms with E-state index in [4.69, 9.17) is 4.74 Å². The van der Waals surface area contributed by atoms with E-state index in [2.05, 4.69) is 19.2 Å². The molecule has 132 valence electrons. The van der Waals surface area contributed by atoms with Crippen LogP contribution in [0.4, 0.5) is 5.69 Å². The van der Waals surface area contributed by atoms with Crippen LogP contribution in [0.15, 0.2) is 48.5 Å². The highest BCUT2D eigenvalue weighted by Gasteiger charge is 2.17. The van der Waals surface area contributed by atoms with Crippen LogP contribution in [0.25, 0.3) is 0 Å². The smallest absolute Gasteiger partial charge is 0.265 e. The lowest BCUT2D eigenvalue weighted by molar-refractivity contribution is -0.122. The van der Waals surface area contributed by atoms with E-state index >= 15 is 0 Å². The van der Waals surface area contributed by atoms with Crippen molar-refractivity contribution in [3.8, 4) is 5.75 Å². The second-order valence-corrected chi connectivity index (χ2v) is 6.23. The largest absolute Gasteiger partial charge is 0.481 e. The number of hydrogen-bond acceptors (Lipinski definition) is 3. The van der Waals surface area contributed by atoms with Crippen LogP contribution < -0.4 is 10.1 Å². The zero-order valence-electron chi connectivity index (χ0n) is 15.2. The Bertz CT molecular complexity index is 737. The molecule has 0 aliphatic carbocycles. The Morgan fingerprint density at radius 1 is 1.04 bits per heavy atom. The van der Waals surface area contributed by atoms with Gasteiger partial charge in [0, 0.05) is 11.3 Å². The summed E-state index contributed by atoms with van der Waals surface area (Å²) in [4.78, 5) is 23.8. The zero-order chi connectivity index (χ0) is 18.4. The van der Waals surface area contributed by atoms with Crippen molar-refractivity contribution in [2.24, 2.45) is 0 Å². The van der Waals surface area contributed by atoms with Crippen molar-refractivity contribution >= 4 is 17.4 Å². The number of carbonyl (C=O) groups excluding carboxylic acids is 2. The van der Waals surface area contributed by atoms with Crippen LogP contribution in [0.2, 0.25) is 0 Å². The van der Waals surface area contributed by atoms with Gasteiger partial charge < -0.3 is 10.1 Å². The number of hydrogen-bond donors (Lipinski definition) is 1. The van der Waals surface area contributed by atoms with Gasteiger partial charge in [0.2, 0.25) is 0 Å². The van der Waals surface area contributed by atoms with E-state index in [1.165, 1.54) is 6.92 Å². The predicted octanol–water partition coefficient (Wildman–Crippen LogP) is 4.81. The number of anilines is 1. The quantitative estimate of drug-likeness (QED) is 0.737. The lowest BCUT2D eigenvalue weighted by atomic mass is 9.97. The fourth-order valence-electron chi connectivity index (χ4n) is 2.52. The van der Waals surface area contributed by atoms with Gasteiger partial charge in [0.1, 0.15) is 5.75 Å². The van der Waals surface area contributed by atoms with Crippen molar-refractivity contribution in [2.75, 3.05) is 5.32 Å². The normalized spacial score (nSPS) is 13.0. The fourth-order valence-corrected chi connectivity index (χ4v) is 2.52. The maximum atomic E-state index is 12.5. The number of nitrogens with one attached hydrogen (secondary N) is 1. The molecule has 0 saturated carbocycles. The molecule has 1 N–H and O–H groups in total. The van der Waals surface area contributed by atoms with Gasteiger partial charge >= 0.3 is 0 Å². The molecule has 0 fully saturated rings. The number of amides is 1. The summed E-state index contributed by atoms with van der Waals surface area (Å²) in [7, 11) is 0. The van der Waals surface area contributed by atoms with Crippen LogP contribution in [-0.4, -0.2) is 17.8 Å². The van der Waals surface area contributed by atoms with Crippen LogP contribution in [0.3, 0.4) is 0 Å². The molecule has 1 amide bonds. The van der Waals surface area contributed by atoms with Gasteiger partial charge in [-0.15, -0.1) is 0 Å². The summed E-state index contributed by atoms with van der Waals surface area (Å²) in [6.45, 7) is 7.49. The fraction of sp³-hybridized carbons (Fsp3) is 0.333. The standard InChI is InChI=1S/C21H25NO3/c1-5-14(2)19-8-6-7-9-20(19)22-21(24)16(4)25-18-12-10-17(11-13-18)15(3)23/h6-14,16H,5H2,1-4H3,(H,22,24)/t14-,16-/m0/s1. The van der Waals surface area contributed by atoms with E-state index in [9.17, 15) is 9.59 Å². The molecule has 2 aromatic rings. The van der Waals surface area contributed by atoms with E-state index in [0.29, 0.717) is 17.2 Å². The monoisotopic (exact) mass is 339 g/mol. The summed E-state index contributed by atoms with van der Waals surface area (Å²) >= 11 is 0. The molecule has 4 nitrogen and oxygen atoms in total. The van der Waals surface area contributed by atoms with Gasteiger partial charge in [0.15, 0.2) is 11.9 Å². The zero-order valence-corrected chi connectivity index (χ0v) is 15.2. The molecule has 2 rings (SSSR count). The molecule has 0 aromatic heterocycles. The minimum Gasteiger partial charge on any atom is -0.481 e. The van der Waals surface area contributed by atoms with Gasteiger partial charge in [-0.25, -0.2) is 0 Å². The summed E-state index contributed by atoms with van der Waals surface area (Å²) in [5, 5.41) is 2.96. The van der Waals surface area contributed by atoms with Crippen LogP contribution in [0.5, 0.6) is 5.75 Å². The Hall–Kier alpha value is -2.62. The number of para-hydroxylation sites is 1.